The van der Waals surface area contributed by atoms with Crippen LogP contribution in [0.3, 0.4) is 0 Å². The Kier molecular flexibility index (Phi) is 6.19. The van der Waals surface area contributed by atoms with Crippen molar-refractivity contribution in [1.82, 2.24) is 0 Å². The zero-order chi connectivity index (χ0) is 19.4. The Hall–Kier alpha value is -2.62. The van der Waals surface area contributed by atoms with E-state index in [1.807, 2.05) is 19.1 Å². The first-order valence-electron chi connectivity index (χ1n) is 8.15. The van der Waals surface area contributed by atoms with Gasteiger partial charge in [0.25, 0.3) is 0 Å². The molecule has 3 aromatic carbocycles. The molecule has 0 aliphatic carbocycles. The second-order valence-electron chi connectivity index (χ2n) is 6.25. The van der Waals surface area contributed by atoms with Crippen LogP contribution in [0.25, 0.3) is 11.1 Å². The van der Waals surface area contributed by atoms with Gasteiger partial charge < -0.3 is 0 Å². The molecule has 136 valence electrons. The first-order valence-corrected chi connectivity index (χ1v) is 8.15. The van der Waals surface area contributed by atoms with Gasteiger partial charge in [-0.1, -0.05) is 54.1 Å². The molecule has 0 spiro atoms. The molecule has 0 atom stereocenters. The van der Waals surface area contributed by atoms with Crippen LogP contribution in [0, 0.1) is 51.0 Å². The van der Waals surface area contributed by atoms with Crippen molar-refractivity contribution >= 4 is 0 Å². The van der Waals surface area contributed by atoms with E-state index in [4.69, 9.17) is 0 Å². The van der Waals surface area contributed by atoms with Gasteiger partial charge in [-0.3, -0.25) is 0 Å². The summed E-state index contributed by atoms with van der Waals surface area (Å²) in [5.74, 6) is -3.01. The van der Waals surface area contributed by atoms with Crippen molar-refractivity contribution in [2.24, 2.45) is 0 Å². The molecule has 0 heterocycles. The minimum atomic E-state index is -0.774. The summed E-state index contributed by atoms with van der Waals surface area (Å²) in [5, 5.41) is 0. The van der Waals surface area contributed by atoms with Crippen LogP contribution in [0.1, 0.15) is 22.3 Å². The third-order valence-electron chi connectivity index (χ3n) is 4.11. The van der Waals surface area contributed by atoms with Crippen LogP contribution in [0.4, 0.5) is 17.6 Å². The molecule has 3 rings (SSSR count). The number of hydrogen-bond acceptors (Lipinski definition) is 0. The fourth-order valence-electron chi connectivity index (χ4n) is 2.34. The molecular weight excluding hydrogens is 340 g/mol. The number of aryl methyl sites for hydroxylation is 4. The lowest BCUT2D eigenvalue weighted by Crippen LogP contribution is -1.92. The van der Waals surface area contributed by atoms with E-state index in [-0.39, 0.29) is 0 Å². The molecule has 0 aliphatic heterocycles. The summed E-state index contributed by atoms with van der Waals surface area (Å²) in [6.45, 7) is 6.59. The van der Waals surface area contributed by atoms with E-state index in [2.05, 4.69) is 0 Å². The number of rotatable bonds is 1. The van der Waals surface area contributed by atoms with Gasteiger partial charge in [0.2, 0.25) is 0 Å². The van der Waals surface area contributed by atoms with Gasteiger partial charge in [0.1, 0.15) is 0 Å². The lowest BCUT2D eigenvalue weighted by Gasteiger charge is -2.06. The lowest BCUT2D eigenvalue weighted by molar-refractivity contribution is 0.497. The van der Waals surface area contributed by atoms with Gasteiger partial charge in [-0.2, -0.15) is 0 Å². The van der Waals surface area contributed by atoms with Crippen LogP contribution in [-0.2, 0) is 0 Å². The van der Waals surface area contributed by atoms with E-state index in [9.17, 15) is 17.6 Å². The maximum absolute atomic E-state index is 13.7. The largest absolute Gasteiger partial charge is 0.203 e. The van der Waals surface area contributed by atoms with Crippen molar-refractivity contribution in [3.63, 3.8) is 0 Å². The summed E-state index contributed by atoms with van der Waals surface area (Å²) in [6.07, 6.45) is 0. The van der Waals surface area contributed by atoms with Crippen molar-refractivity contribution < 1.29 is 17.6 Å². The first kappa shape index (κ1) is 19.7. The third kappa shape index (κ3) is 4.31. The van der Waals surface area contributed by atoms with E-state index < -0.39 is 23.3 Å². The number of halogens is 4. The topological polar surface area (TPSA) is 0 Å². The summed E-state index contributed by atoms with van der Waals surface area (Å²) in [4.78, 5) is 0. The fraction of sp³-hybridized carbons (Fsp3) is 0.182. The molecule has 3 aromatic rings. The average molecular weight is 360 g/mol. The summed E-state index contributed by atoms with van der Waals surface area (Å²) in [5.41, 5.74) is 3.13. The molecule has 0 nitrogen and oxygen atoms in total. The van der Waals surface area contributed by atoms with Crippen LogP contribution < -0.4 is 0 Å². The van der Waals surface area contributed by atoms with Gasteiger partial charge in [-0.25, -0.2) is 17.6 Å². The van der Waals surface area contributed by atoms with Crippen LogP contribution in [0.15, 0.2) is 48.5 Å². The Labute approximate surface area is 151 Å². The van der Waals surface area contributed by atoms with E-state index in [0.717, 1.165) is 5.56 Å². The minimum Gasteiger partial charge on any atom is -0.203 e. The second-order valence-corrected chi connectivity index (χ2v) is 6.25. The zero-order valence-electron chi connectivity index (χ0n) is 15.1. The fourth-order valence-corrected chi connectivity index (χ4v) is 2.34. The van der Waals surface area contributed by atoms with E-state index in [1.165, 1.54) is 13.8 Å². The summed E-state index contributed by atoms with van der Waals surface area (Å²) >= 11 is 0. The zero-order valence-corrected chi connectivity index (χ0v) is 15.1. The predicted octanol–water partition coefficient (Wildman–Crippen LogP) is 6.83. The standard InChI is InChI=1S/C14H12F2.C8H8F2/c1-9-3-6-11(7-4-9)12-8-5-10(2)13(15)14(12)16;1-5-3-4-6(2)8(10)7(5)9/h3-8H,1-2H3;3-4H,1-2H3. The van der Waals surface area contributed by atoms with Crippen molar-refractivity contribution in [3.05, 3.63) is 94.1 Å². The summed E-state index contributed by atoms with van der Waals surface area (Å²) < 4.78 is 52.3. The van der Waals surface area contributed by atoms with E-state index >= 15 is 0 Å². The Morgan fingerprint density at radius 3 is 1.31 bits per heavy atom. The molecule has 0 saturated heterocycles. The monoisotopic (exact) mass is 360 g/mol. The van der Waals surface area contributed by atoms with Crippen molar-refractivity contribution in [3.8, 4) is 11.1 Å². The molecule has 0 unspecified atom stereocenters. The van der Waals surface area contributed by atoms with Crippen LogP contribution in [-0.4, -0.2) is 0 Å². The highest BCUT2D eigenvalue weighted by molar-refractivity contribution is 5.65. The highest BCUT2D eigenvalue weighted by atomic mass is 19.2. The molecule has 0 amide bonds. The maximum atomic E-state index is 13.7. The molecule has 0 bridgehead atoms. The van der Waals surface area contributed by atoms with Gasteiger partial charge in [0, 0.05) is 5.56 Å². The molecule has 0 N–H and O–H groups in total. The van der Waals surface area contributed by atoms with E-state index in [1.54, 1.807) is 43.3 Å². The van der Waals surface area contributed by atoms with Crippen molar-refractivity contribution in [2.75, 3.05) is 0 Å². The van der Waals surface area contributed by atoms with Gasteiger partial charge in [-0.15, -0.1) is 0 Å². The molecule has 0 radical (unpaired) electrons. The van der Waals surface area contributed by atoms with Crippen molar-refractivity contribution in [2.45, 2.75) is 27.7 Å². The maximum Gasteiger partial charge on any atom is 0.166 e. The van der Waals surface area contributed by atoms with E-state index in [0.29, 0.717) is 27.8 Å². The normalized spacial score (nSPS) is 10.3. The van der Waals surface area contributed by atoms with Crippen LogP contribution in [0.5, 0.6) is 0 Å². The first-order chi connectivity index (χ1) is 12.2. The molecular formula is C22H20F4. The minimum absolute atomic E-state index is 0.308. The second kappa shape index (κ2) is 8.17. The summed E-state index contributed by atoms with van der Waals surface area (Å²) in [6, 6.07) is 13.7. The molecule has 0 aliphatic rings. The molecule has 0 fully saturated rings. The van der Waals surface area contributed by atoms with Crippen LogP contribution in [0.2, 0.25) is 0 Å². The Balaban J connectivity index is 0.000000209. The highest BCUT2D eigenvalue weighted by Crippen LogP contribution is 2.26. The smallest absolute Gasteiger partial charge is 0.166 e. The summed E-state index contributed by atoms with van der Waals surface area (Å²) in [7, 11) is 0. The quantitative estimate of drug-likeness (QED) is 0.417. The molecule has 4 heteroatoms. The number of hydrogen-bond donors (Lipinski definition) is 0. The Morgan fingerprint density at radius 2 is 0.846 bits per heavy atom. The lowest BCUT2D eigenvalue weighted by atomic mass is 10.0. The number of benzene rings is 3. The van der Waals surface area contributed by atoms with Gasteiger partial charge in [0.15, 0.2) is 23.3 Å². The third-order valence-corrected chi connectivity index (χ3v) is 4.11. The predicted molar refractivity (Wildman–Crippen MR) is 97.1 cm³/mol. The molecule has 26 heavy (non-hydrogen) atoms. The van der Waals surface area contributed by atoms with Gasteiger partial charge in [-0.05, 0) is 49.9 Å². The molecule has 0 aromatic heterocycles. The average Bonchev–Trinajstić information content (AvgIpc) is 2.63. The Bertz CT molecular complexity index is 885. The van der Waals surface area contributed by atoms with Crippen LogP contribution >= 0.6 is 0 Å². The van der Waals surface area contributed by atoms with Gasteiger partial charge >= 0.3 is 0 Å². The SMILES string of the molecule is Cc1ccc(-c2ccc(C)c(F)c2F)cc1.Cc1ccc(C)c(F)c1F. The molecule has 0 saturated carbocycles. The van der Waals surface area contributed by atoms with Gasteiger partial charge in [0.05, 0.1) is 0 Å². The van der Waals surface area contributed by atoms with Crippen molar-refractivity contribution in [1.29, 1.82) is 0 Å². The Morgan fingerprint density at radius 1 is 0.462 bits per heavy atom. The highest BCUT2D eigenvalue weighted by Gasteiger charge is 2.12.